The van der Waals surface area contributed by atoms with Crippen LogP contribution in [-0.2, 0) is 9.53 Å². The smallest absolute Gasteiger partial charge is 0.306 e. The maximum atomic E-state index is 11.9. The number of esters is 1. The van der Waals surface area contributed by atoms with Crippen LogP contribution < -0.4 is 5.32 Å². The van der Waals surface area contributed by atoms with Gasteiger partial charge < -0.3 is 14.5 Å². The molecule has 1 amide bonds. The highest BCUT2D eigenvalue weighted by Crippen LogP contribution is 2.15. The predicted molar refractivity (Wildman–Crippen MR) is 93.8 cm³/mol. The van der Waals surface area contributed by atoms with E-state index in [9.17, 15) is 14.4 Å². The van der Waals surface area contributed by atoms with E-state index < -0.39 is 5.97 Å². The van der Waals surface area contributed by atoms with Crippen molar-refractivity contribution in [3.05, 3.63) is 54.0 Å². The summed E-state index contributed by atoms with van der Waals surface area (Å²) in [4.78, 5) is 36.3. The number of furan rings is 1. The maximum Gasteiger partial charge on any atom is 0.306 e. The van der Waals surface area contributed by atoms with Crippen molar-refractivity contribution in [1.29, 1.82) is 0 Å². The quantitative estimate of drug-likeness (QED) is 0.320. The van der Waals surface area contributed by atoms with E-state index in [-0.39, 0.29) is 30.5 Å². The van der Waals surface area contributed by atoms with E-state index in [1.807, 2.05) is 18.4 Å². The number of benzene rings is 1. The van der Waals surface area contributed by atoms with Gasteiger partial charge in [-0.15, -0.1) is 11.8 Å². The Hall–Kier alpha value is -2.54. The van der Waals surface area contributed by atoms with Crippen molar-refractivity contribution in [2.24, 2.45) is 0 Å². The molecular weight excluding hydrogens is 342 g/mol. The van der Waals surface area contributed by atoms with Gasteiger partial charge in [-0.3, -0.25) is 14.4 Å². The second kappa shape index (κ2) is 9.68. The lowest BCUT2D eigenvalue weighted by Crippen LogP contribution is -2.24. The normalized spacial score (nSPS) is 10.3. The molecule has 0 bridgehead atoms. The Bertz CT molecular complexity index is 710. The SMILES string of the molecule is CSc1ccc(C(=O)COC(=O)CCCNC(=O)c2ccco2)cc1. The van der Waals surface area contributed by atoms with E-state index in [2.05, 4.69) is 5.32 Å². The number of amides is 1. The molecule has 0 unspecified atom stereocenters. The summed E-state index contributed by atoms with van der Waals surface area (Å²) in [5.41, 5.74) is 0.510. The Labute approximate surface area is 149 Å². The molecule has 7 heteroatoms. The number of ether oxygens (including phenoxy) is 1. The molecule has 0 radical (unpaired) electrons. The van der Waals surface area contributed by atoms with Crippen LogP contribution in [0.15, 0.2) is 52.0 Å². The van der Waals surface area contributed by atoms with Gasteiger partial charge in [0.2, 0.25) is 0 Å². The second-order valence-electron chi connectivity index (χ2n) is 5.15. The van der Waals surface area contributed by atoms with Crippen molar-refractivity contribution in [2.75, 3.05) is 19.4 Å². The Morgan fingerprint density at radius 1 is 1.16 bits per heavy atom. The van der Waals surface area contributed by atoms with Crippen LogP contribution in [0.1, 0.15) is 33.8 Å². The number of carbonyl (C=O) groups excluding carboxylic acids is 3. The summed E-state index contributed by atoms with van der Waals surface area (Å²) in [6.07, 6.45) is 3.91. The van der Waals surface area contributed by atoms with E-state index in [0.717, 1.165) is 4.90 Å². The minimum absolute atomic E-state index is 0.122. The molecule has 1 N–H and O–H groups in total. The van der Waals surface area contributed by atoms with Crippen LogP contribution >= 0.6 is 11.8 Å². The van der Waals surface area contributed by atoms with Crippen LogP contribution in [0, 0.1) is 0 Å². The number of nitrogens with one attached hydrogen (secondary N) is 1. The topological polar surface area (TPSA) is 85.6 Å². The fourth-order valence-electron chi connectivity index (χ4n) is 2.01. The average molecular weight is 361 g/mol. The summed E-state index contributed by atoms with van der Waals surface area (Å²) in [5, 5.41) is 2.63. The van der Waals surface area contributed by atoms with Crippen molar-refractivity contribution in [2.45, 2.75) is 17.7 Å². The van der Waals surface area contributed by atoms with Crippen molar-refractivity contribution in [1.82, 2.24) is 5.32 Å². The molecule has 0 aliphatic carbocycles. The van der Waals surface area contributed by atoms with Crippen molar-refractivity contribution < 1.29 is 23.5 Å². The molecule has 0 aliphatic heterocycles. The molecule has 0 aliphatic rings. The second-order valence-corrected chi connectivity index (χ2v) is 6.03. The first-order valence-corrected chi connectivity index (χ1v) is 8.97. The first-order chi connectivity index (χ1) is 12.1. The van der Waals surface area contributed by atoms with Gasteiger partial charge in [0.05, 0.1) is 6.26 Å². The summed E-state index contributed by atoms with van der Waals surface area (Å²) in [5.74, 6) is -0.823. The number of hydrogen-bond acceptors (Lipinski definition) is 6. The molecule has 0 saturated heterocycles. The zero-order valence-electron chi connectivity index (χ0n) is 13.8. The fourth-order valence-corrected chi connectivity index (χ4v) is 2.42. The van der Waals surface area contributed by atoms with Gasteiger partial charge in [0.25, 0.3) is 5.91 Å². The molecule has 6 nitrogen and oxygen atoms in total. The van der Waals surface area contributed by atoms with Crippen molar-refractivity contribution >= 4 is 29.4 Å². The number of carbonyl (C=O) groups is 3. The molecule has 1 aromatic carbocycles. The Morgan fingerprint density at radius 2 is 1.92 bits per heavy atom. The molecule has 1 aromatic heterocycles. The van der Waals surface area contributed by atoms with E-state index in [0.29, 0.717) is 18.5 Å². The number of rotatable bonds is 9. The first-order valence-electron chi connectivity index (χ1n) is 7.74. The summed E-state index contributed by atoms with van der Waals surface area (Å²) in [6, 6.07) is 10.3. The average Bonchev–Trinajstić information content (AvgIpc) is 3.18. The zero-order valence-corrected chi connectivity index (χ0v) is 14.6. The van der Waals surface area contributed by atoms with Crippen LogP contribution in [0.5, 0.6) is 0 Å². The largest absolute Gasteiger partial charge is 0.459 e. The zero-order chi connectivity index (χ0) is 18.1. The third-order valence-corrected chi connectivity index (χ3v) is 4.11. The van der Waals surface area contributed by atoms with E-state index in [1.165, 1.54) is 6.26 Å². The van der Waals surface area contributed by atoms with Crippen LogP contribution in [0.2, 0.25) is 0 Å². The lowest BCUT2D eigenvalue weighted by Gasteiger charge is -2.06. The van der Waals surface area contributed by atoms with Crippen LogP contribution in [0.3, 0.4) is 0 Å². The Kier molecular flexibility index (Phi) is 7.28. The summed E-state index contributed by atoms with van der Waals surface area (Å²) >= 11 is 1.59. The number of ketones is 1. The predicted octanol–water partition coefficient (Wildman–Crippen LogP) is 2.94. The third-order valence-electron chi connectivity index (χ3n) is 3.36. The van der Waals surface area contributed by atoms with Crippen molar-refractivity contribution in [3.63, 3.8) is 0 Å². The molecule has 0 atom stereocenters. The fraction of sp³-hybridized carbons (Fsp3) is 0.278. The van der Waals surface area contributed by atoms with Gasteiger partial charge in [-0.2, -0.15) is 0 Å². The maximum absolute atomic E-state index is 11.9. The van der Waals surface area contributed by atoms with Crippen LogP contribution in [0.4, 0.5) is 0 Å². The van der Waals surface area contributed by atoms with Gasteiger partial charge in [-0.05, 0) is 36.9 Å². The third kappa shape index (κ3) is 6.11. The minimum atomic E-state index is -0.471. The minimum Gasteiger partial charge on any atom is -0.459 e. The highest BCUT2D eigenvalue weighted by Gasteiger charge is 2.11. The van der Waals surface area contributed by atoms with Crippen LogP contribution in [-0.4, -0.2) is 37.1 Å². The first kappa shape index (κ1) is 18.8. The van der Waals surface area contributed by atoms with E-state index >= 15 is 0 Å². The standard InChI is InChI=1S/C18H19NO5S/c1-25-14-8-6-13(7-9-14)15(20)12-24-17(21)5-2-10-19-18(22)16-4-3-11-23-16/h3-4,6-9,11H,2,5,10,12H2,1H3,(H,19,22). The van der Waals surface area contributed by atoms with Gasteiger partial charge in [0, 0.05) is 23.4 Å². The number of hydrogen-bond donors (Lipinski definition) is 1. The number of Topliss-reactive ketones (excluding diaryl/α,β-unsaturated/α-hetero) is 1. The van der Waals surface area contributed by atoms with Gasteiger partial charge >= 0.3 is 5.97 Å². The molecule has 1 heterocycles. The monoisotopic (exact) mass is 361 g/mol. The molecule has 2 rings (SSSR count). The molecular formula is C18H19NO5S. The van der Waals surface area contributed by atoms with Crippen molar-refractivity contribution in [3.8, 4) is 0 Å². The lowest BCUT2D eigenvalue weighted by atomic mass is 10.1. The summed E-state index contributed by atoms with van der Waals surface area (Å²) in [6.45, 7) is 0.0366. The molecule has 0 spiro atoms. The highest BCUT2D eigenvalue weighted by molar-refractivity contribution is 7.98. The number of thioether (sulfide) groups is 1. The molecule has 0 fully saturated rings. The highest BCUT2D eigenvalue weighted by atomic mass is 32.2. The van der Waals surface area contributed by atoms with E-state index in [1.54, 1.807) is 36.0 Å². The van der Waals surface area contributed by atoms with Gasteiger partial charge in [-0.25, -0.2) is 0 Å². The molecule has 2 aromatic rings. The Morgan fingerprint density at radius 3 is 2.56 bits per heavy atom. The molecule has 25 heavy (non-hydrogen) atoms. The summed E-state index contributed by atoms with van der Waals surface area (Å²) < 4.78 is 9.92. The summed E-state index contributed by atoms with van der Waals surface area (Å²) in [7, 11) is 0. The molecule has 0 saturated carbocycles. The van der Waals surface area contributed by atoms with Crippen LogP contribution in [0.25, 0.3) is 0 Å². The Balaban J connectivity index is 1.63. The van der Waals surface area contributed by atoms with E-state index in [4.69, 9.17) is 9.15 Å². The van der Waals surface area contributed by atoms with Gasteiger partial charge in [0.1, 0.15) is 0 Å². The van der Waals surface area contributed by atoms with Gasteiger partial charge in [-0.1, -0.05) is 12.1 Å². The van der Waals surface area contributed by atoms with Gasteiger partial charge in [0.15, 0.2) is 18.2 Å². The lowest BCUT2D eigenvalue weighted by molar-refractivity contribution is -0.142. The molecule has 132 valence electrons.